The molecule has 1 aliphatic heterocycles. The summed E-state index contributed by atoms with van der Waals surface area (Å²) < 4.78 is 34.2. The van der Waals surface area contributed by atoms with Crippen molar-refractivity contribution >= 4 is 27.3 Å². The Bertz CT molecular complexity index is 1250. The van der Waals surface area contributed by atoms with Gasteiger partial charge in [0, 0.05) is 12.2 Å². The molecule has 0 saturated carbocycles. The van der Waals surface area contributed by atoms with Crippen molar-refractivity contribution in [2.75, 3.05) is 16.2 Å². The van der Waals surface area contributed by atoms with E-state index in [1.165, 1.54) is 6.07 Å². The molecule has 0 saturated heterocycles. The van der Waals surface area contributed by atoms with E-state index in [4.69, 9.17) is 4.74 Å². The fourth-order valence-corrected chi connectivity index (χ4v) is 4.53. The van der Waals surface area contributed by atoms with Crippen LogP contribution in [0.1, 0.15) is 28.4 Å². The Morgan fingerprint density at radius 2 is 1.70 bits per heavy atom. The van der Waals surface area contributed by atoms with Crippen LogP contribution in [0.3, 0.4) is 0 Å². The van der Waals surface area contributed by atoms with Crippen LogP contribution in [0.4, 0.5) is 11.4 Å². The number of rotatable bonds is 4. The maximum atomic E-state index is 13.2. The van der Waals surface area contributed by atoms with Gasteiger partial charge in [0.2, 0.25) is 0 Å². The second kappa shape index (κ2) is 7.50. The number of carbonyl (C=O) groups excluding carboxylic acids is 1. The third-order valence-electron chi connectivity index (χ3n) is 5.19. The monoisotopic (exact) mass is 422 g/mol. The fraction of sp³-hybridized carbons (Fsp3) is 0.174. The molecule has 0 atom stereocenters. The van der Waals surface area contributed by atoms with Gasteiger partial charge >= 0.3 is 0 Å². The molecule has 154 valence electrons. The highest BCUT2D eigenvalue weighted by Gasteiger charge is 2.28. The van der Waals surface area contributed by atoms with Gasteiger partial charge in [-0.3, -0.25) is 9.52 Å². The molecule has 1 heterocycles. The lowest BCUT2D eigenvalue weighted by Gasteiger charge is -2.20. The maximum Gasteiger partial charge on any atom is 0.262 e. The van der Waals surface area contributed by atoms with Crippen LogP contribution in [0.2, 0.25) is 0 Å². The van der Waals surface area contributed by atoms with Crippen molar-refractivity contribution in [2.24, 2.45) is 0 Å². The molecule has 0 bridgehead atoms. The summed E-state index contributed by atoms with van der Waals surface area (Å²) in [6.07, 6.45) is 0. The van der Waals surface area contributed by atoms with E-state index in [2.05, 4.69) is 4.72 Å². The number of ether oxygens (including phenoxy) is 1. The van der Waals surface area contributed by atoms with E-state index in [-0.39, 0.29) is 10.8 Å². The highest BCUT2D eigenvalue weighted by atomic mass is 32.2. The van der Waals surface area contributed by atoms with Gasteiger partial charge in [-0.25, -0.2) is 8.42 Å². The van der Waals surface area contributed by atoms with E-state index in [1.807, 2.05) is 39.0 Å². The number of nitrogens with zero attached hydrogens (tertiary/aromatic N) is 1. The smallest absolute Gasteiger partial charge is 0.262 e. The van der Waals surface area contributed by atoms with Gasteiger partial charge in [-0.1, -0.05) is 18.2 Å². The molecule has 3 aromatic carbocycles. The molecule has 0 fully saturated rings. The number of anilines is 2. The number of carbonyl (C=O) groups is 1. The van der Waals surface area contributed by atoms with Crippen molar-refractivity contribution in [3.63, 3.8) is 0 Å². The molecule has 30 heavy (non-hydrogen) atoms. The van der Waals surface area contributed by atoms with E-state index in [0.29, 0.717) is 35.0 Å². The largest absolute Gasteiger partial charge is 0.454 e. The van der Waals surface area contributed by atoms with Crippen molar-refractivity contribution in [3.05, 3.63) is 77.4 Å². The van der Waals surface area contributed by atoms with Crippen LogP contribution in [-0.2, 0) is 10.0 Å². The average Bonchev–Trinajstić information content (AvgIpc) is 2.83. The van der Waals surface area contributed by atoms with Gasteiger partial charge in [-0.05, 0) is 74.4 Å². The number of nitrogens with one attached hydrogen (secondary N) is 1. The van der Waals surface area contributed by atoms with Gasteiger partial charge in [-0.2, -0.15) is 0 Å². The van der Waals surface area contributed by atoms with Crippen molar-refractivity contribution in [1.82, 2.24) is 0 Å². The van der Waals surface area contributed by atoms with E-state index in [1.54, 1.807) is 41.3 Å². The lowest BCUT2D eigenvalue weighted by atomic mass is 10.1. The Labute approximate surface area is 176 Å². The fourth-order valence-electron chi connectivity index (χ4n) is 3.40. The van der Waals surface area contributed by atoms with Gasteiger partial charge in [0.15, 0.2) is 5.75 Å². The number of benzene rings is 3. The molecule has 0 radical (unpaired) electrons. The Hall–Kier alpha value is -3.32. The lowest BCUT2D eigenvalue weighted by Crippen LogP contribution is -2.29. The second-order valence-corrected chi connectivity index (χ2v) is 8.86. The number of hydrogen-bond donors (Lipinski definition) is 1. The standard InChI is InChI=1S/C23H22N2O4S/c1-4-25-20-7-5-6-8-22(20)29-21-12-10-17(14-19(21)23(25)26)24-30(27,28)18-11-9-15(2)16(3)13-18/h5-14,24H,4H2,1-3H3. The first-order valence-electron chi connectivity index (χ1n) is 9.63. The zero-order valence-corrected chi connectivity index (χ0v) is 17.8. The number of hydrogen-bond acceptors (Lipinski definition) is 4. The van der Waals surface area contributed by atoms with Crippen molar-refractivity contribution in [3.8, 4) is 11.5 Å². The number of fused-ring (bicyclic) bond motifs is 2. The topological polar surface area (TPSA) is 75.7 Å². The summed E-state index contributed by atoms with van der Waals surface area (Å²) in [5.41, 5.74) is 3.18. The highest BCUT2D eigenvalue weighted by molar-refractivity contribution is 7.92. The molecule has 7 heteroatoms. The quantitative estimate of drug-likeness (QED) is 0.650. The average molecular weight is 423 g/mol. The van der Waals surface area contributed by atoms with E-state index < -0.39 is 10.0 Å². The van der Waals surface area contributed by atoms with Crippen LogP contribution in [0.25, 0.3) is 0 Å². The zero-order chi connectivity index (χ0) is 21.5. The normalized spacial score (nSPS) is 13.2. The van der Waals surface area contributed by atoms with Crippen LogP contribution in [-0.4, -0.2) is 20.9 Å². The summed E-state index contributed by atoms with van der Waals surface area (Å²) in [6.45, 7) is 6.13. The first-order chi connectivity index (χ1) is 14.3. The molecule has 0 spiro atoms. The summed E-state index contributed by atoms with van der Waals surface area (Å²) in [6, 6.07) is 17.0. The molecule has 0 unspecified atom stereocenters. The number of aryl methyl sites for hydroxylation is 2. The Kier molecular flexibility index (Phi) is 4.99. The minimum absolute atomic E-state index is 0.172. The molecule has 1 aliphatic rings. The lowest BCUT2D eigenvalue weighted by molar-refractivity contribution is 0.0988. The van der Waals surface area contributed by atoms with Crippen LogP contribution >= 0.6 is 0 Å². The second-order valence-electron chi connectivity index (χ2n) is 7.18. The summed E-state index contributed by atoms with van der Waals surface area (Å²) >= 11 is 0. The SMILES string of the molecule is CCN1C(=O)c2cc(NS(=O)(=O)c3ccc(C)c(C)c3)ccc2Oc2ccccc21. The molecular weight excluding hydrogens is 400 g/mol. The molecule has 3 aromatic rings. The Balaban J connectivity index is 1.72. The molecule has 1 amide bonds. The van der Waals surface area contributed by atoms with Crippen molar-refractivity contribution in [2.45, 2.75) is 25.7 Å². The van der Waals surface area contributed by atoms with Gasteiger partial charge in [0.1, 0.15) is 5.75 Å². The summed E-state index contributed by atoms with van der Waals surface area (Å²) in [5.74, 6) is 0.720. The molecule has 1 N–H and O–H groups in total. The van der Waals surface area contributed by atoms with Crippen LogP contribution in [0, 0.1) is 13.8 Å². The highest BCUT2D eigenvalue weighted by Crippen LogP contribution is 2.39. The van der Waals surface area contributed by atoms with E-state index >= 15 is 0 Å². The van der Waals surface area contributed by atoms with E-state index in [9.17, 15) is 13.2 Å². The number of sulfonamides is 1. The Morgan fingerprint density at radius 3 is 2.43 bits per heavy atom. The van der Waals surface area contributed by atoms with E-state index in [0.717, 1.165) is 11.1 Å². The third kappa shape index (κ3) is 3.52. The third-order valence-corrected chi connectivity index (χ3v) is 6.57. The summed E-state index contributed by atoms with van der Waals surface area (Å²) in [5, 5.41) is 0. The first-order valence-corrected chi connectivity index (χ1v) is 11.1. The molecule has 0 aromatic heterocycles. The molecule has 6 nitrogen and oxygen atoms in total. The Morgan fingerprint density at radius 1 is 0.933 bits per heavy atom. The van der Waals surface area contributed by atoms with Crippen LogP contribution in [0.15, 0.2) is 65.6 Å². The number of amides is 1. The van der Waals surface area contributed by atoms with Crippen LogP contribution in [0.5, 0.6) is 11.5 Å². The minimum atomic E-state index is -3.79. The maximum absolute atomic E-state index is 13.2. The van der Waals surface area contributed by atoms with Gasteiger partial charge in [0.05, 0.1) is 16.1 Å². The zero-order valence-electron chi connectivity index (χ0n) is 17.0. The summed E-state index contributed by atoms with van der Waals surface area (Å²) in [7, 11) is -3.79. The predicted molar refractivity (Wildman–Crippen MR) is 117 cm³/mol. The predicted octanol–water partition coefficient (Wildman–Crippen LogP) is 4.88. The molecule has 0 aliphatic carbocycles. The van der Waals surface area contributed by atoms with Crippen molar-refractivity contribution in [1.29, 1.82) is 0 Å². The van der Waals surface area contributed by atoms with Gasteiger partial charge < -0.3 is 9.64 Å². The van der Waals surface area contributed by atoms with Gasteiger partial charge in [0.25, 0.3) is 15.9 Å². The molecule has 4 rings (SSSR count). The van der Waals surface area contributed by atoms with Crippen LogP contribution < -0.4 is 14.4 Å². The van der Waals surface area contributed by atoms with Gasteiger partial charge in [-0.15, -0.1) is 0 Å². The molecular formula is C23H22N2O4S. The summed E-state index contributed by atoms with van der Waals surface area (Å²) in [4.78, 5) is 15.0. The number of para-hydroxylation sites is 2. The van der Waals surface area contributed by atoms with Crippen molar-refractivity contribution < 1.29 is 17.9 Å². The minimum Gasteiger partial charge on any atom is -0.454 e. The first kappa shape index (κ1) is 20.0.